The molecule has 0 atom stereocenters. The Kier molecular flexibility index (Phi) is 5.45. The van der Waals surface area contributed by atoms with Crippen molar-refractivity contribution in [1.29, 1.82) is 0 Å². The van der Waals surface area contributed by atoms with Crippen LogP contribution < -0.4 is 10.6 Å². The Morgan fingerprint density at radius 2 is 1.73 bits per heavy atom. The number of amides is 1. The lowest BCUT2D eigenvalue weighted by Gasteiger charge is -2.14. The first kappa shape index (κ1) is 16.4. The van der Waals surface area contributed by atoms with Crippen LogP contribution in [0.3, 0.4) is 0 Å². The highest BCUT2D eigenvalue weighted by atomic mass is 35.5. The topological polar surface area (TPSA) is 41.1 Å². The zero-order chi connectivity index (χ0) is 16.1. The fourth-order valence-corrected chi connectivity index (χ4v) is 2.72. The molecule has 0 unspecified atom stereocenters. The van der Waals surface area contributed by atoms with Crippen molar-refractivity contribution in [3.05, 3.63) is 58.1 Å². The molecule has 3 nitrogen and oxygen atoms in total. The van der Waals surface area contributed by atoms with Gasteiger partial charge >= 0.3 is 0 Å². The highest BCUT2D eigenvalue weighted by Crippen LogP contribution is 2.22. The maximum absolute atomic E-state index is 12.0. The molecule has 0 saturated carbocycles. The first-order valence-corrected chi connectivity index (χ1v) is 7.71. The molecule has 0 spiro atoms. The van der Waals surface area contributed by atoms with Crippen molar-refractivity contribution >= 4 is 28.9 Å². The average Bonchev–Trinajstić information content (AvgIpc) is 2.44. The lowest BCUT2D eigenvalue weighted by Crippen LogP contribution is -2.17. The molecule has 0 aromatic heterocycles. The molecule has 0 aliphatic carbocycles. The van der Waals surface area contributed by atoms with Crippen molar-refractivity contribution in [3.8, 4) is 0 Å². The number of benzene rings is 2. The quantitative estimate of drug-likeness (QED) is 0.839. The number of carbonyl (C=O) groups is 1. The standard InChI is InChI=1S/C18H21ClN2O/c1-12-10-13(2)18(14(3)11-12)20-9-8-17(22)21-16-7-5-4-6-15(16)19/h4-7,10-11,20H,8-9H2,1-3H3,(H,21,22). The number of aryl methyl sites for hydroxylation is 3. The van der Waals surface area contributed by atoms with Gasteiger partial charge in [-0.1, -0.05) is 41.4 Å². The lowest BCUT2D eigenvalue weighted by molar-refractivity contribution is -0.115. The summed E-state index contributed by atoms with van der Waals surface area (Å²) in [6, 6.07) is 11.5. The molecule has 0 aliphatic rings. The van der Waals surface area contributed by atoms with Gasteiger partial charge in [0, 0.05) is 18.7 Å². The number of hydrogen-bond acceptors (Lipinski definition) is 2. The van der Waals surface area contributed by atoms with E-state index in [9.17, 15) is 4.79 Å². The van der Waals surface area contributed by atoms with Crippen LogP contribution in [0.5, 0.6) is 0 Å². The maximum atomic E-state index is 12.0. The summed E-state index contributed by atoms with van der Waals surface area (Å²) in [7, 11) is 0. The number of hydrogen-bond donors (Lipinski definition) is 2. The third kappa shape index (κ3) is 4.25. The van der Waals surface area contributed by atoms with E-state index >= 15 is 0 Å². The Labute approximate surface area is 136 Å². The van der Waals surface area contributed by atoms with E-state index in [1.54, 1.807) is 12.1 Å². The first-order chi connectivity index (χ1) is 10.5. The number of nitrogens with one attached hydrogen (secondary N) is 2. The summed E-state index contributed by atoms with van der Waals surface area (Å²) in [6.45, 7) is 6.82. The molecule has 2 N–H and O–H groups in total. The zero-order valence-electron chi connectivity index (χ0n) is 13.2. The summed E-state index contributed by atoms with van der Waals surface area (Å²) in [6.07, 6.45) is 0.387. The number of anilines is 2. The minimum absolute atomic E-state index is 0.0528. The Morgan fingerprint density at radius 3 is 2.36 bits per heavy atom. The summed E-state index contributed by atoms with van der Waals surface area (Å²) in [5, 5.41) is 6.72. The molecule has 0 fully saturated rings. The van der Waals surface area contributed by atoms with Crippen molar-refractivity contribution in [2.45, 2.75) is 27.2 Å². The normalized spacial score (nSPS) is 10.4. The van der Waals surface area contributed by atoms with Crippen LogP contribution in [0.2, 0.25) is 5.02 Å². The SMILES string of the molecule is Cc1cc(C)c(NCCC(=O)Nc2ccccc2Cl)c(C)c1. The van der Waals surface area contributed by atoms with E-state index in [0.717, 1.165) is 5.69 Å². The molecule has 0 heterocycles. The molecule has 116 valence electrons. The molecule has 2 aromatic rings. The Hall–Kier alpha value is -2.00. The number of halogens is 1. The van der Waals surface area contributed by atoms with Gasteiger partial charge in [-0.2, -0.15) is 0 Å². The molecule has 4 heteroatoms. The second-order valence-electron chi connectivity index (χ2n) is 5.48. The molecule has 0 aliphatic heterocycles. The van der Waals surface area contributed by atoms with Crippen molar-refractivity contribution in [2.75, 3.05) is 17.2 Å². The van der Waals surface area contributed by atoms with Crippen LogP contribution in [0.25, 0.3) is 0 Å². The second kappa shape index (κ2) is 7.32. The molecule has 0 radical (unpaired) electrons. The van der Waals surface area contributed by atoms with E-state index < -0.39 is 0 Å². The van der Waals surface area contributed by atoms with Crippen LogP contribution in [0.1, 0.15) is 23.1 Å². The highest BCUT2D eigenvalue weighted by molar-refractivity contribution is 6.33. The van der Waals surface area contributed by atoms with E-state index in [4.69, 9.17) is 11.6 Å². The zero-order valence-corrected chi connectivity index (χ0v) is 13.9. The van der Waals surface area contributed by atoms with E-state index in [-0.39, 0.29) is 5.91 Å². The average molecular weight is 317 g/mol. The van der Waals surface area contributed by atoms with Gasteiger partial charge in [0.15, 0.2) is 0 Å². The summed E-state index contributed by atoms with van der Waals surface area (Å²) in [5.74, 6) is -0.0528. The van der Waals surface area contributed by atoms with Crippen LogP contribution >= 0.6 is 11.6 Å². The summed E-state index contributed by atoms with van der Waals surface area (Å²) >= 11 is 6.02. The largest absolute Gasteiger partial charge is 0.384 e. The van der Waals surface area contributed by atoms with Crippen molar-refractivity contribution < 1.29 is 4.79 Å². The van der Waals surface area contributed by atoms with Gasteiger partial charge in [0.1, 0.15) is 0 Å². The van der Waals surface area contributed by atoms with Gasteiger partial charge in [-0.25, -0.2) is 0 Å². The molecular weight excluding hydrogens is 296 g/mol. The first-order valence-electron chi connectivity index (χ1n) is 7.33. The molecule has 2 aromatic carbocycles. The van der Waals surface area contributed by atoms with Gasteiger partial charge in [-0.15, -0.1) is 0 Å². The number of carbonyl (C=O) groups excluding carboxylic acids is 1. The third-order valence-corrected chi connectivity index (χ3v) is 3.81. The second-order valence-corrected chi connectivity index (χ2v) is 5.89. The van der Waals surface area contributed by atoms with Crippen LogP contribution in [-0.4, -0.2) is 12.5 Å². The van der Waals surface area contributed by atoms with Crippen LogP contribution in [0.15, 0.2) is 36.4 Å². The fourth-order valence-electron chi connectivity index (χ4n) is 2.54. The fraction of sp³-hybridized carbons (Fsp3) is 0.278. The Bertz CT molecular complexity index is 660. The van der Waals surface area contributed by atoms with Crippen molar-refractivity contribution in [2.24, 2.45) is 0 Å². The van der Waals surface area contributed by atoms with Gasteiger partial charge < -0.3 is 10.6 Å². The maximum Gasteiger partial charge on any atom is 0.226 e. The summed E-state index contributed by atoms with van der Waals surface area (Å²) in [5.41, 5.74) is 5.40. The van der Waals surface area contributed by atoms with Crippen molar-refractivity contribution in [3.63, 3.8) is 0 Å². The van der Waals surface area contributed by atoms with Gasteiger partial charge in [-0.3, -0.25) is 4.79 Å². The summed E-state index contributed by atoms with van der Waals surface area (Å²) in [4.78, 5) is 12.0. The predicted molar refractivity (Wildman–Crippen MR) is 93.8 cm³/mol. The van der Waals surface area contributed by atoms with Crippen LogP contribution in [0, 0.1) is 20.8 Å². The smallest absolute Gasteiger partial charge is 0.226 e. The number of rotatable bonds is 5. The van der Waals surface area contributed by atoms with Gasteiger partial charge in [0.25, 0.3) is 0 Å². The Morgan fingerprint density at radius 1 is 1.09 bits per heavy atom. The third-order valence-electron chi connectivity index (χ3n) is 3.48. The van der Waals surface area contributed by atoms with E-state index in [0.29, 0.717) is 23.7 Å². The summed E-state index contributed by atoms with van der Waals surface area (Å²) < 4.78 is 0. The number of para-hydroxylation sites is 1. The van der Waals surface area contributed by atoms with Gasteiger partial charge in [0.05, 0.1) is 10.7 Å². The molecule has 2 rings (SSSR count). The van der Waals surface area contributed by atoms with E-state index in [1.807, 2.05) is 12.1 Å². The molecule has 0 bridgehead atoms. The lowest BCUT2D eigenvalue weighted by atomic mass is 10.1. The van der Waals surface area contributed by atoms with Gasteiger partial charge in [0.2, 0.25) is 5.91 Å². The van der Waals surface area contributed by atoms with Crippen LogP contribution in [-0.2, 0) is 4.79 Å². The van der Waals surface area contributed by atoms with Crippen molar-refractivity contribution in [1.82, 2.24) is 0 Å². The molecular formula is C18H21ClN2O. The van der Waals surface area contributed by atoms with Crippen LogP contribution in [0.4, 0.5) is 11.4 Å². The minimum Gasteiger partial charge on any atom is -0.384 e. The highest BCUT2D eigenvalue weighted by Gasteiger charge is 2.07. The van der Waals surface area contributed by atoms with E-state index in [1.165, 1.54) is 16.7 Å². The van der Waals surface area contributed by atoms with E-state index in [2.05, 4.69) is 43.5 Å². The van der Waals surface area contributed by atoms with Gasteiger partial charge in [-0.05, 0) is 44.0 Å². The molecule has 22 heavy (non-hydrogen) atoms. The molecule has 1 amide bonds. The minimum atomic E-state index is -0.0528. The molecule has 0 saturated heterocycles. The predicted octanol–water partition coefficient (Wildman–Crippen LogP) is 4.71. The monoisotopic (exact) mass is 316 g/mol. The Balaban J connectivity index is 1.89.